The number of carbonyl (C=O) groups is 2. The Labute approximate surface area is 385 Å². The van der Waals surface area contributed by atoms with Crippen LogP contribution in [0.15, 0.2) is 77.7 Å². The van der Waals surface area contributed by atoms with Gasteiger partial charge in [0.05, 0.1) is 36.3 Å². The molecule has 11 nitrogen and oxygen atoms in total. The Morgan fingerprint density at radius 1 is 0.922 bits per heavy atom. The van der Waals surface area contributed by atoms with Crippen molar-refractivity contribution in [1.29, 1.82) is 0 Å². The van der Waals surface area contributed by atoms with Crippen LogP contribution < -0.4 is 9.47 Å². The van der Waals surface area contributed by atoms with Crippen LogP contribution in [0.1, 0.15) is 115 Å². The first kappa shape index (κ1) is 49.0. The lowest BCUT2D eigenvalue weighted by Gasteiger charge is -2.35. The number of amides is 1. The SMILES string of the molecule is COc1ccc(S(=O)(=O)N(CC(C)C)C[C@H]2OC(C)(C)N(C(=O)OC(C)(C)C)[C@H]2Cc2ccc(OCc3ccccc3-c3sc4c(c3C(=O)OCC(C)C)CC(C)(C)CC4)cc2)cc1. The second-order valence-corrected chi connectivity index (χ2v) is 23.3. The molecule has 2 aliphatic rings. The molecule has 0 bridgehead atoms. The predicted octanol–water partition coefficient (Wildman–Crippen LogP) is 11.0. The minimum atomic E-state index is -3.96. The molecule has 0 radical (unpaired) electrons. The topological polar surface area (TPSA) is 121 Å². The number of nitrogens with zero attached hydrogens (tertiary/aromatic N) is 2. The summed E-state index contributed by atoms with van der Waals surface area (Å²) < 4.78 is 60.1. The average molecular weight is 917 g/mol. The smallest absolute Gasteiger partial charge is 0.412 e. The van der Waals surface area contributed by atoms with E-state index in [2.05, 4.69) is 19.9 Å². The molecule has 1 aliphatic heterocycles. The molecule has 3 aromatic carbocycles. The van der Waals surface area contributed by atoms with Gasteiger partial charge in [-0.05, 0) is 136 Å². The van der Waals surface area contributed by atoms with Gasteiger partial charge >= 0.3 is 12.1 Å². The molecule has 2 heterocycles. The molecule has 1 saturated heterocycles. The van der Waals surface area contributed by atoms with E-state index in [1.807, 2.05) is 105 Å². The Kier molecular flexibility index (Phi) is 15.0. The fourth-order valence-electron chi connectivity index (χ4n) is 8.53. The van der Waals surface area contributed by atoms with E-state index in [4.69, 9.17) is 23.7 Å². The highest BCUT2D eigenvalue weighted by Crippen LogP contribution is 2.46. The van der Waals surface area contributed by atoms with E-state index in [1.54, 1.807) is 40.5 Å². The molecular formula is C51H68N2O9S2. The summed E-state index contributed by atoms with van der Waals surface area (Å²) in [4.78, 5) is 31.8. The summed E-state index contributed by atoms with van der Waals surface area (Å²) in [5, 5.41) is 0. The van der Waals surface area contributed by atoms with E-state index < -0.39 is 39.6 Å². The molecule has 0 spiro atoms. The van der Waals surface area contributed by atoms with E-state index in [-0.39, 0.29) is 47.8 Å². The number of ether oxygens (including phenoxy) is 5. The third-order valence-electron chi connectivity index (χ3n) is 11.6. The maximum Gasteiger partial charge on any atom is 0.412 e. The van der Waals surface area contributed by atoms with Crippen molar-refractivity contribution >= 4 is 33.4 Å². The van der Waals surface area contributed by atoms with Gasteiger partial charge in [0.1, 0.15) is 29.4 Å². The zero-order valence-corrected chi connectivity index (χ0v) is 41.4. The summed E-state index contributed by atoms with van der Waals surface area (Å²) in [6, 6.07) is 21.6. The van der Waals surface area contributed by atoms with Gasteiger partial charge in [-0.2, -0.15) is 4.31 Å². The summed E-state index contributed by atoms with van der Waals surface area (Å²) in [6.07, 6.45) is 1.96. The minimum Gasteiger partial charge on any atom is -0.497 e. The van der Waals surface area contributed by atoms with Crippen molar-refractivity contribution in [3.05, 3.63) is 99.9 Å². The highest BCUT2D eigenvalue weighted by Gasteiger charge is 2.52. The molecule has 348 valence electrons. The Morgan fingerprint density at radius 2 is 1.58 bits per heavy atom. The summed E-state index contributed by atoms with van der Waals surface area (Å²) in [5.74, 6) is 1.18. The zero-order valence-electron chi connectivity index (χ0n) is 39.8. The second-order valence-electron chi connectivity index (χ2n) is 20.2. The van der Waals surface area contributed by atoms with Crippen LogP contribution in [-0.2, 0) is 50.1 Å². The largest absolute Gasteiger partial charge is 0.497 e. The molecule has 1 aromatic heterocycles. The van der Waals surface area contributed by atoms with Crippen LogP contribution in [0.5, 0.6) is 11.5 Å². The van der Waals surface area contributed by atoms with Gasteiger partial charge in [0.25, 0.3) is 0 Å². The first-order valence-electron chi connectivity index (χ1n) is 22.4. The van der Waals surface area contributed by atoms with Gasteiger partial charge in [-0.15, -0.1) is 11.3 Å². The van der Waals surface area contributed by atoms with Gasteiger partial charge < -0.3 is 23.7 Å². The van der Waals surface area contributed by atoms with Gasteiger partial charge in [-0.25, -0.2) is 18.0 Å². The average Bonchev–Trinajstić information content (AvgIpc) is 3.70. The van der Waals surface area contributed by atoms with Crippen molar-refractivity contribution in [1.82, 2.24) is 9.21 Å². The highest BCUT2D eigenvalue weighted by molar-refractivity contribution is 7.89. The van der Waals surface area contributed by atoms with Crippen molar-refractivity contribution in [3.63, 3.8) is 0 Å². The predicted molar refractivity (Wildman–Crippen MR) is 253 cm³/mol. The number of esters is 1. The summed E-state index contributed by atoms with van der Waals surface area (Å²) >= 11 is 1.70. The molecular weight excluding hydrogens is 849 g/mol. The lowest BCUT2D eigenvalue weighted by molar-refractivity contribution is -0.0807. The third kappa shape index (κ3) is 11.7. The fourth-order valence-corrected chi connectivity index (χ4v) is 11.5. The first-order valence-corrected chi connectivity index (χ1v) is 24.7. The number of aryl methyl sites for hydroxylation is 1. The van der Waals surface area contributed by atoms with Crippen molar-refractivity contribution in [3.8, 4) is 21.9 Å². The number of sulfonamides is 1. The number of hydrogen-bond acceptors (Lipinski definition) is 10. The second kappa shape index (κ2) is 19.6. The molecule has 1 aliphatic carbocycles. The molecule has 4 aromatic rings. The monoisotopic (exact) mass is 916 g/mol. The van der Waals surface area contributed by atoms with Gasteiger partial charge in [0, 0.05) is 22.8 Å². The minimum absolute atomic E-state index is 0.0127. The van der Waals surface area contributed by atoms with E-state index in [0.717, 1.165) is 46.4 Å². The first-order chi connectivity index (χ1) is 30.0. The van der Waals surface area contributed by atoms with E-state index in [9.17, 15) is 18.0 Å². The van der Waals surface area contributed by atoms with Crippen LogP contribution in [0.2, 0.25) is 0 Å². The number of hydrogen-bond donors (Lipinski definition) is 0. The van der Waals surface area contributed by atoms with Gasteiger partial charge in [0.2, 0.25) is 10.0 Å². The summed E-state index contributed by atoms with van der Waals surface area (Å²) in [7, 11) is -2.42. The van der Waals surface area contributed by atoms with Crippen LogP contribution in [0.4, 0.5) is 4.79 Å². The Balaban J connectivity index is 1.26. The van der Waals surface area contributed by atoms with Crippen LogP contribution >= 0.6 is 11.3 Å². The number of methoxy groups -OCH3 is 1. The number of rotatable bonds is 16. The van der Waals surface area contributed by atoms with Crippen molar-refractivity contribution in [2.45, 2.75) is 137 Å². The van der Waals surface area contributed by atoms with Crippen LogP contribution in [0, 0.1) is 17.3 Å². The molecule has 6 rings (SSSR count). The molecule has 0 unspecified atom stereocenters. The van der Waals surface area contributed by atoms with Gasteiger partial charge in [-0.1, -0.05) is 77.9 Å². The number of benzene rings is 3. The quantitative estimate of drug-likeness (QED) is 0.101. The molecule has 64 heavy (non-hydrogen) atoms. The molecule has 0 N–H and O–H groups in total. The normalized spacial score (nSPS) is 18.3. The Bertz CT molecular complexity index is 2360. The van der Waals surface area contributed by atoms with Crippen molar-refractivity contribution in [2.75, 3.05) is 26.8 Å². The molecule has 1 fully saturated rings. The molecule has 0 saturated carbocycles. The Morgan fingerprint density at radius 3 is 2.20 bits per heavy atom. The lowest BCUT2D eigenvalue weighted by Crippen LogP contribution is -2.52. The zero-order chi connectivity index (χ0) is 46.8. The standard InChI is InChI=1S/C51H68N2O9S2/c1-33(2)29-52(64(56,57)39-23-21-37(58-12)22-24-39)30-43-42(53(51(10,11)61-43)48(55)62-49(5,6)7)27-35-17-19-38(20-18-35)59-32-36-15-13-14-16-40(36)46-45(47(54)60-31-34(3)4)41-28-50(8,9)26-25-44(41)63-46/h13-24,33-34,42-43H,25-32H2,1-12H3/t42-,43+/m0/s1. The van der Waals surface area contributed by atoms with Crippen molar-refractivity contribution < 1.29 is 41.7 Å². The lowest BCUT2D eigenvalue weighted by atomic mass is 9.76. The van der Waals surface area contributed by atoms with Gasteiger partial charge in [-0.3, -0.25) is 4.90 Å². The highest BCUT2D eigenvalue weighted by atomic mass is 32.2. The van der Waals surface area contributed by atoms with E-state index >= 15 is 0 Å². The number of thiophene rings is 1. The van der Waals surface area contributed by atoms with Crippen LogP contribution in [0.3, 0.4) is 0 Å². The maximum absolute atomic E-state index is 14.2. The number of carbonyl (C=O) groups excluding carboxylic acids is 2. The number of fused-ring (bicyclic) bond motifs is 1. The molecule has 1 amide bonds. The van der Waals surface area contributed by atoms with Gasteiger partial charge in [0.15, 0.2) is 0 Å². The maximum atomic E-state index is 14.2. The summed E-state index contributed by atoms with van der Waals surface area (Å²) in [6.45, 7) is 22.5. The van der Waals surface area contributed by atoms with E-state index in [1.165, 1.54) is 16.3 Å². The fraction of sp³-hybridized carbons (Fsp3) is 0.529. The van der Waals surface area contributed by atoms with Crippen LogP contribution in [0.25, 0.3) is 10.4 Å². The molecule has 13 heteroatoms. The summed E-state index contributed by atoms with van der Waals surface area (Å²) in [5.41, 5.74) is 2.85. The van der Waals surface area contributed by atoms with Crippen molar-refractivity contribution in [2.24, 2.45) is 17.3 Å². The Hall–Kier alpha value is -4.43. The van der Waals surface area contributed by atoms with Crippen LogP contribution in [-0.4, -0.2) is 80.0 Å². The molecule has 2 atom stereocenters. The third-order valence-corrected chi connectivity index (χ3v) is 14.7. The van der Waals surface area contributed by atoms with E-state index in [0.29, 0.717) is 30.1 Å².